The van der Waals surface area contributed by atoms with Crippen molar-refractivity contribution in [3.8, 4) is 5.75 Å². The van der Waals surface area contributed by atoms with E-state index >= 15 is 0 Å². The molecule has 3 aromatic rings. The fourth-order valence-electron chi connectivity index (χ4n) is 2.44. The summed E-state index contributed by atoms with van der Waals surface area (Å²) < 4.78 is 8.05. The Kier molecular flexibility index (Phi) is 3.33. The number of hydrogen-bond acceptors (Lipinski definition) is 2. The molecule has 0 aliphatic rings. The molecule has 0 saturated carbocycles. The van der Waals surface area contributed by atoms with E-state index in [1.807, 2.05) is 42.5 Å². The average molecular weight is 266 g/mol. The molecule has 1 aromatic heterocycles. The lowest BCUT2D eigenvalue weighted by Crippen LogP contribution is -1.94. The molecular formula is C17H18N2O. The first kappa shape index (κ1) is 12.6. The van der Waals surface area contributed by atoms with Crippen LogP contribution in [0.15, 0.2) is 54.7 Å². The zero-order valence-electron chi connectivity index (χ0n) is 11.5. The van der Waals surface area contributed by atoms with Crippen LogP contribution in [-0.2, 0) is 13.2 Å². The number of rotatable bonds is 4. The molecule has 0 radical (unpaired) electrons. The van der Waals surface area contributed by atoms with Crippen LogP contribution >= 0.6 is 0 Å². The van der Waals surface area contributed by atoms with E-state index in [2.05, 4.69) is 23.8 Å². The molecule has 3 nitrogen and oxygen atoms in total. The van der Waals surface area contributed by atoms with E-state index < -0.39 is 0 Å². The van der Waals surface area contributed by atoms with Crippen molar-refractivity contribution in [2.75, 3.05) is 5.73 Å². The van der Waals surface area contributed by atoms with Crippen LogP contribution in [0, 0.1) is 0 Å². The Morgan fingerprint density at radius 1 is 1.10 bits per heavy atom. The summed E-state index contributed by atoms with van der Waals surface area (Å²) in [5.41, 5.74) is 9.02. The smallest absolute Gasteiger partial charge is 0.119 e. The van der Waals surface area contributed by atoms with Crippen molar-refractivity contribution in [3.05, 3.63) is 60.3 Å². The van der Waals surface area contributed by atoms with Gasteiger partial charge in [0.25, 0.3) is 0 Å². The molecule has 3 rings (SSSR count). The van der Waals surface area contributed by atoms with Gasteiger partial charge in [-0.2, -0.15) is 0 Å². The van der Waals surface area contributed by atoms with E-state index in [-0.39, 0.29) is 0 Å². The molecular weight excluding hydrogens is 248 g/mol. The van der Waals surface area contributed by atoms with Crippen LogP contribution in [0.25, 0.3) is 10.9 Å². The second kappa shape index (κ2) is 5.29. The summed E-state index contributed by atoms with van der Waals surface area (Å²) in [6.45, 7) is 3.62. The molecule has 0 atom stereocenters. The minimum Gasteiger partial charge on any atom is -0.489 e. The lowest BCUT2D eigenvalue weighted by Gasteiger charge is -2.04. The zero-order chi connectivity index (χ0) is 13.9. The number of aromatic nitrogens is 1. The van der Waals surface area contributed by atoms with Crippen LogP contribution in [0.2, 0.25) is 0 Å². The number of hydrogen-bond donors (Lipinski definition) is 1. The normalized spacial score (nSPS) is 10.8. The van der Waals surface area contributed by atoms with Gasteiger partial charge in [0, 0.05) is 29.4 Å². The van der Waals surface area contributed by atoms with Gasteiger partial charge in [0.2, 0.25) is 0 Å². The van der Waals surface area contributed by atoms with Gasteiger partial charge in [0.05, 0.1) is 5.52 Å². The number of benzene rings is 2. The first-order valence-corrected chi connectivity index (χ1v) is 6.83. The van der Waals surface area contributed by atoms with Crippen molar-refractivity contribution in [2.24, 2.45) is 0 Å². The fourth-order valence-corrected chi connectivity index (χ4v) is 2.44. The van der Waals surface area contributed by atoms with E-state index in [0.29, 0.717) is 6.61 Å². The molecule has 0 aliphatic heterocycles. The molecule has 1 heterocycles. The number of fused-ring (bicyclic) bond motifs is 1. The van der Waals surface area contributed by atoms with Crippen molar-refractivity contribution in [1.29, 1.82) is 0 Å². The summed E-state index contributed by atoms with van der Waals surface area (Å²) in [6.07, 6.45) is 2.15. The summed E-state index contributed by atoms with van der Waals surface area (Å²) >= 11 is 0. The highest BCUT2D eigenvalue weighted by Crippen LogP contribution is 2.25. The molecule has 0 spiro atoms. The number of aryl methyl sites for hydroxylation is 1. The Morgan fingerprint density at radius 3 is 2.65 bits per heavy atom. The lowest BCUT2D eigenvalue weighted by molar-refractivity contribution is 0.307. The van der Waals surface area contributed by atoms with Crippen LogP contribution in [0.1, 0.15) is 12.5 Å². The van der Waals surface area contributed by atoms with Crippen LogP contribution in [0.4, 0.5) is 5.69 Å². The Bertz CT molecular complexity index is 716. The first-order chi connectivity index (χ1) is 9.78. The number of para-hydroxylation sites is 1. The van der Waals surface area contributed by atoms with E-state index in [4.69, 9.17) is 10.5 Å². The van der Waals surface area contributed by atoms with Crippen LogP contribution in [0.5, 0.6) is 5.75 Å². The maximum absolute atomic E-state index is 5.88. The van der Waals surface area contributed by atoms with Gasteiger partial charge in [0.1, 0.15) is 12.4 Å². The Balaban J connectivity index is 1.92. The van der Waals surface area contributed by atoms with Gasteiger partial charge in [0.15, 0.2) is 0 Å². The number of nitrogen functional groups attached to an aromatic ring is 1. The molecule has 0 bridgehead atoms. The third-order valence-electron chi connectivity index (χ3n) is 3.47. The van der Waals surface area contributed by atoms with Gasteiger partial charge in [-0.25, -0.2) is 0 Å². The van der Waals surface area contributed by atoms with E-state index in [1.54, 1.807) is 0 Å². The van der Waals surface area contributed by atoms with E-state index in [1.165, 1.54) is 16.5 Å². The monoisotopic (exact) mass is 266 g/mol. The second-order valence-corrected chi connectivity index (χ2v) is 4.82. The van der Waals surface area contributed by atoms with Gasteiger partial charge in [-0.05, 0) is 31.2 Å². The molecule has 3 heteroatoms. The lowest BCUT2D eigenvalue weighted by atomic mass is 10.1. The number of nitrogens with two attached hydrogens (primary N) is 1. The summed E-state index contributed by atoms with van der Waals surface area (Å²) in [5, 5.41) is 1.21. The number of ether oxygens (including phenoxy) is 1. The Hall–Kier alpha value is -2.42. The van der Waals surface area contributed by atoms with Gasteiger partial charge >= 0.3 is 0 Å². The quantitative estimate of drug-likeness (QED) is 0.729. The summed E-state index contributed by atoms with van der Waals surface area (Å²) in [7, 11) is 0. The largest absolute Gasteiger partial charge is 0.489 e. The second-order valence-electron chi connectivity index (χ2n) is 4.82. The molecule has 2 aromatic carbocycles. The van der Waals surface area contributed by atoms with Crippen molar-refractivity contribution >= 4 is 16.6 Å². The van der Waals surface area contributed by atoms with Gasteiger partial charge in [-0.3, -0.25) is 0 Å². The summed E-state index contributed by atoms with van der Waals surface area (Å²) in [4.78, 5) is 0. The van der Waals surface area contributed by atoms with Gasteiger partial charge < -0.3 is 15.0 Å². The van der Waals surface area contributed by atoms with Gasteiger partial charge in [-0.1, -0.05) is 24.3 Å². The molecule has 102 valence electrons. The van der Waals surface area contributed by atoms with Crippen LogP contribution in [-0.4, -0.2) is 4.57 Å². The fraction of sp³-hybridized carbons (Fsp3) is 0.176. The minimum absolute atomic E-state index is 0.567. The van der Waals surface area contributed by atoms with E-state index in [9.17, 15) is 0 Å². The predicted octanol–water partition coefficient (Wildman–Crippen LogP) is 3.82. The van der Waals surface area contributed by atoms with Crippen molar-refractivity contribution < 1.29 is 4.74 Å². The van der Waals surface area contributed by atoms with Crippen molar-refractivity contribution in [3.63, 3.8) is 0 Å². The summed E-state index contributed by atoms with van der Waals surface area (Å²) in [6, 6.07) is 15.9. The Labute approximate surface area is 118 Å². The highest BCUT2D eigenvalue weighted by Gasteiger charge is 2.08. The molecule has 0 unspecified atom stereocenters. The van der Waals surface area contributed by atoms with Crippen molar-refractivity contribution in [2.45, 2.75) is 20.1 Å². The molecule has 0 saturated heterocycles. The third-order valence-corrected chi connectivity index (χ3v) is 3.47. The Morgan fingerprint density at radius 2 is 1.90 bits per heavy atom. The standard InChI is InChI=1S/C17H18N2O/c1-2-19-11-13(12-20-15-6-4-3-5-7-15)16-9-8-14(18)10-17(16)19/h3-11H,2,12,18H2,1H3. The van der Waals surface area contributed by atoms with Gasteiger partial charge in [-0.15, -0.1) is 0 Å². The molecule has 0 fully saturated rings. The van der Waals surface area contributed by atoms with Crippen LogP contribution in [0.3, 0.4) is 0 Å². The third kappa shape index (κ3) is 2.35. The molecule has 0 aliphatic carbocycles. The molecule has 0 amide bonds. The maximum Gasteiger partial charge on any atom is 0.119 e. The SMILES string of the molecule is CCn1cc(COc2ccccc2)c2ccc(N)cc21. The maximum atomic E-state index is 5.88. The zero-order valence-corrected chi connectivity index (χ0v) is 11.5. The first-order valence-electron chi connectivity index (χ1n) is 6.83. The average Bonchev–Trinajstić information content (AvgIpc) is 2.83. The topological polar surface area (TPSA) is 40.2 Å². The van der Waals surface area contributed by atoms with Crippen LogP contribution < -0.4 is 10.5 Å². The molecule has 20 heavy (non-hydrogen) atoms. The molecule has 2 N–H and O–H groups in total. The highest BCUT2D eigenvalue weighted by molar-refractivity contribution is 5.86. The highest BCUT2D eigenvalue weighted by atomic mass is 16.5. The van der Waals surface area contributed by atoms with Crippen molar-refractivity contribution in [1.82, 2.24) is 4.57 Å². The number of anilines is 1. The number of nitrogens with zero attached hydrogens (tertiary/aromatic N) is 1. The minimum atomic E-state index is 0.567. The predicted molar refractivity (Wildman–Crippen MR) is 82.8 cm³/mol. The van der Waals surface area contributed by atoms with E-state index in [0.717, 1.165) is 18.0 Å². The summed E-state index contributed by atoms with van der Waals surface area (Å²) in [5.74, 6) is 0.889.